The van der Waals surface area contributed by atoms with Crippen molar-refractivity contribution >= 4 is 10.9 Å². The second kappa shape index (κ2) is 4.66. The normalized spacial score (nSPS) is 23.8. The smallest absolute Gasteiger partial charge is 0.0457 e. The molecule has 0 amide bonds. The number of nitrogens with zero attached hydrogens (tertiary/aromatic N) is 1. The molecule has 0 saturated carbocycles. The van der Waals surface area contributed by atoms with Crippen molar-refractivity contribution < 1.29 is 0 Å². The molecule has 0 radical (unpaired) electrons. The minimum atomic E-state index is 0.244. The van der Waals surface area contributed by atoms with Crippen molar-refractivity contribution in [1.82, 2.24) is 9.88 Å². The molecule has 0 spiro atoms. The van der Waals surface area contributed by atoms with Gasteiger partial charge in [-0.3, -0.25) is 4.90 Å². The van der Waals surface area contributed by atoms with Gasteiger partial charge in [0.15, 0.2) is 0 Å². The Bertz CT molecular complexity index is 570. The standard InChI is InChI=1S/C16H23N3/c1-16(2)8-7-13(17)11-19(16)10-12-9-18-15-6-4-3-5-14(12)15/h3-6,9,13,18H,7-8,10-11,17H2,1-2H3. The Labute approximate surface area is 114 Å². The zero-order chi connectivity index (χ0) is 13.5. The van der Waals surface area contributed by atoms with E-state index in [0.29, 0.717) is 6.04 Å². The number of hydrogen-bond donors (Lipinski definition) is 2. The fourth-order valence-corrected chi connectivity index (χ4v) is 3.06. The van der Waals surface area contributed by atoms with E-state index >= 15 is 0 Å². The molecule has 1 aliphatic rings. The van der Waals surface area contributed by atoms with Gasteiger partial charge >= 0.3 is 0 Å². The molecule has 1 aromatic carbocycles. The first-order valence-electron chi connectivity index (χ1n) is 7.12. The Kier molecular flexibility index (Phi) is 3.11. The number of H-pyrrole nitrogens is 1. The van der Waals surface area contributed by atoms with Gasteiger partial charge in [-0.05, 0) is 38.3 Å². The summed E-state index contributed by atoms with van der Waals surface area (Å²) < 4.78 is 0. The highest BCUT2D eigenvalue weighted by Crippen LogP contribution is 2.30. The summed E-state index contributed by atoms with van der Waals surface area (Å²) in [5.41, 5.74) is 8.97. The average Bonchev–Trinajstić information content (AvgIpc) is 2.78. The summed E-state index contributed by atoms with van der Waals surface area (Å²) in [6.45, 7) is 6.62. The predicted octanol–water partition coefficient (Wildman–Crippen LogP) is 2.87. The monoisotopic (exact) mass is 257 g/mol. The Morgan fingerprint density at radius 2 is 2.16 bits per heavy atom. The number of hydrogen-bond acceptors (Lipinski definition) is 2. The maximum atomic E-state index is 6.14. The first kappa shape index (κ1) is 12.7. The van der Waals surface area contributed by atoms with Crippen molar-refractivity contribution in [3.8, 4) is 0 Å². The van der Waals surface area contributed by atoms with Gasteiger partial charge in [0.25, 0.3) is 0 Å². The summed E-state index contributed by atoms with van der Waals surface area (Å²) in [6.07, 6.45) is 4.45. The van der Waals surface area contributed by atoms with Crippen molar-refractivity contribution in [1.29, 1.82) is 0 Å². The lowest BCUT2D eigenvalue weighted by atomic mass is 9.88. The highest BCUT2D eigenvalue weighted by molar-refractivity contribution is 5.82. The lowest BCUT2D eigenvalue weighted by Crippen LogP contribution is -2.53. The van der Waals surface area contributed by atoms with Crippen molar-refractivity contribution in [3.63, 3.8) is 0 Å². The molecule has 3 N–H and O–H groups in total. The molecule has 3 heteroatoms. The summed E-state index contributed by atoms with van der Waals surface area (Å²) in [6, 6.07) is 8.82. The number of piperidine rings is 1. The lowest BCUT2D eigenvalue weighted by molar-refractivity contribution is 0.0590. The molecule has 102 valence electrons. The third kappa shape index (κ3) is 2.40. The van der Waals surface area contributed by atoms with E-state index in [1.165, 1.54) is 22.9 Å². The lowest BCUT2D eigenvalue weighted by Gasteiger charge is -2.44. The molecule has 0 bridgehead atoms. The van der Waals surface area contributed by atoms with Crippen LogP contribution in [0.2, 0.25) is 0 Å². The molecule has 1 saturated heterocycles. The fraction of sp³-hybridized carbons (Fsp3) is 0.500. The summed E-state index contributed by atoms with van der Waals surface area (Å²) in [4.78, 5) is 5.88. The van der Waals surface area contributed by atoms with Crippen molar-refractivity contribution in [2.24, 2.45) is 5.73 Å². The number of para-hydroxylation sites is 1. The molecule has 2 heterocycles. The number of nitrogens with two attached hydrogens (primary N) is 1. The van der Waals surface area contributed by atoms with Crippen LogP contribution in [0.3, 0.4) is 0 Å². The maximum Gasteiger partial charge on any atom is 0.0457 e. The number of likely N-dealkylation sites (tertiary alicyclic amines) is 1. The second-order valence-corrected chi connectivity index (χ2v) is 6.35. The number of benzene rings is 1. The van der Waals surface area contributed by atoms with Crippen LogP contribution in [-0.2, 0) is 6.54 Å². The van der Waals surface area contributed by atoms with Crippen LogP contribution in [0, 0.1) is 0 Å². The summed E-state index contributed by atoms with van der Waals surface area (Å²) in [5.74, 6) is 0. The van der Waals surface area contributed by atoms with E-state index in [9.17, 15) is 0 Å². The predicted molar refractivity (Wildman–Crippen MR) is 80.0 cm³/mol. The van der Waals surface area contributed by atoms with Crippen LogP contribution >= 0.6 is 0 Å². The third-order valence-corrected chi connectivity index (χ3v) is 4.47. The van der Waals surface area contributed by atoms with Gasteiger partial charge in [0.2, 0.25) is 0 Å². The Hall–Kier alpha value is -1.32. The minimum absolute atomic E-state index is 0.244. The minimum Gasteiger partial charge on any atom is -0.361 e. The fourth-order valence-electron chi connectivity index (χ4n) is 3.06. The number of rotatable bonds is 2. The van der Waals surface area contributed by atoms with Gasteiger partial charge in [-0.1, -0.05) is 18.2 Å². The molecular weight excluding hydrogens is 234 g/mol. The molecule has 1 fully saturated rings. The SMILES string of the molecule is CC1(C)CCC(N)CN1Cc1c[nH]c2ccccc12. The first-order chi connectivity index (χ1) is 9.06. The summed E-state index contributed by atoms with van der Waals surface area (Å²) in [7, 11) is 0. The van der Waals surface area contributed by atoms with Gasteiger partial charge in [0.1, 0.15) is 0 Å². The number of fused-ring (bicyclic) bond motifs is 1. The van der Waals surface area contributed by atoms with E-state index in [2.05, 4.69) is 54.2 Å². The van der Waals surface area contributed by atoms with Gasteiger partial charge in [-0.15, -0.1) is 0 Å². The van der Waals surface area contributed by atoms with Crippen molar-refractivity contribution in [2.45, 2.75) is 44.8 Å². The van der Waals surface area contributed by atoms with Gasteiger partial charge in [-0.25, -0.2) is 0 Å². The first-order valence-corrected chi connectivity index (χ1v) is 7.12. The van der Waals surface area contributed by atoms with E-state index in [0.717, 1.165) is 19.5 Å². The largest absolute Gasteiger partial charge is 0.361 e. The Balaban J connectivity index is 1.87. The van der Waals surface area contributed by atoms with Crippen LogP contribution in [0.25, 0.3) is 10.9 Å². The van der Waals surface area contributed by atoms with Gasteiger partial charge in [0, 0.05) is 41.8 Å². The van der Waals surface area contributed by atoms with Gasteiger partial charge in [-0.2, -0.15) is 0 Å². The highest BCUT2D eigenvalue weighted by atomic mass is 15.2. The molecule has 0 aliphatic carbocycles. The van der Waals surface area contributed by atoms with Crippen molar-refractivity contribution in [2.75, 3.05) is 6.54 Å². The molecule has 3 rings (SSSR count). The van der Waals surface area contributed by atoms with Gasteiger partial charge in [0.05, 0.1) is 0 Å². The second-order valence-electron chi connectivity index (χ2n) is 6.35. The summed E-state index contributed by atoms with van der Waals surface area (Å²) >= 11 is 0. The highest BCUT2D eigenvalue weighted by Gasteiger charge is 2.32. The summed E-state index contributed by atoms with van der Waals surface area (Å²) in [5, 5.41) is 1.33. The molecule has 2 aromatic rings. The van der Waals surface area contributed by atoms with Crippen LogP contribution < -0.4 is 5.73 Å². The third-order valence-electron chi connectivity index (χ3n) is 4.47. The van der Waals surface area contributed by atoms with Crippen LogP contribution in [0.1, 0.15) is 32.3 Å². The average molecular weight is 257 g/mol. The number of nitrogens with one attached hydrogen (secondary N) is 1. The number of aromatic amines is 1. The number of aromatic nitrogens is 1. The van der Waals surface area contributed by atoms with Crippen LogP contribution in [0.5, 0.6) is 0 Å². The van der Waals surface area contributed by atoms with E-state index < -0.39 is 0 Å². The quantitative estimate of drug-likeness (QED) is 0.869. The van der Waals surface area contributed by atoms with Crippen LogP contribution in [-0.4, -0.2) is 28.0 Å². The molecule has 1 aliphatic heterocycles. The molecule has 1 atom stereocenters. The molecule has 19 heavy (non-hydrogen) atoms. The van der Waals surface area contributed by atoms with Crippen LogP contribution in [0.15, 0.2) is 30.5 Å². The van der Waals surface area contributed by atoms with E-state index in [4.69, 9.17) is 5.73 Å². The molecule has 1 aromatic heterocycles. The Morgan fingerprint density at radius 3 is 3.00 bits per heavy atom. The van der Waals surface area contributed by atoms with Crippen LogP contribution in [0.4, 0.5) is 0 Å². The molecule has 3 nitrogen and oxygen atoms in total. The Morgan fingerprint density at radius 1 is 1.37 bits per heavy atom. The van der Waals surface area contributed by atoms with E-state index in [1.807, 2.05) is 0 Å². The molecule has 1 unspecified atom stereocenters. The zero-order valence-electron chi connectivity index (χ0n) is 11.8. The van der Waals surface area contributed by atoms with E-state index in [-0.39, 0.29) is 5.54 Å². The topological polar surface area (TPSA) is 45.0 Å². The zero-order valence-corrected chi connectivity index (χ0v) is 11.8. The van der Waals surface area contributed by atoms with Gasteiger partial charge < -0.3 is 10.7 Å². The molecular formula is C16H23N3. The maximum absolute atomic E-state index is 6.14. The van der Waals surface area contributed by atoms with Crippen molar-refractivity contribution in [3.05, 3.63) is 36.0 Å². The van der Waals surface area contributed by atoms with E-state index in [1.54, 1.807) is 0 Å².